The Morgan fingerprint density at radius 1 is 1.43 bits per heavy atom. The Labute approximate surface area is 82.6 Å². The number of carbonyl (C=O) groups is 1. The summed E-state index contributed by atoms with van der Waals surface area (Å²) < 4.78 is 4.51. The summed E-state index contributed by atoms with van der Waals surface area (Å²) >= 11 is 0. The molecule has 0 aliphatic rings. The van der Waals surface area contributed by atoms with Crippen molar-refractivity contribution in [2.75, 3.05) is 13.7 Å². The number of ether oxygens (including phenoxy) is 1. The van der Waals surface area contributed by atoms with E-state index in [-0.39, 0.29) is 12.2 Å². The first kappa shape index (κ1) is 10.5. The summed E-state index contributed by atoms with van der Waals surface area (Å²) in [4.78, 5) is 11.1. The van der Waals surface area contributed by atoms with Gasteiger partial charge >= 0.3 is 5.97 Å². The summed E-state index contributed by atoms with van der Waals surface area (Å²) in [6.45, 7) is -0.318. The highest BCUT2D eigenvalue weighted by molar-refractivity contribution is 5.93. The smallest absolute Gasteiger partial charge is 0.336 e. The molecule has 0 aromatic heterocycles. The molecule has 1 aromatic carbocycles. The Hall–Kier alpha value is -1.61. The summed E-state index contributed by atoms with van der Waals surface area (Å²) in [5, 5.41) is 8.92. The molecule has 3 nitrogen and oxygen atoms in total. The quantitative estimate of drug-likeness (QED) is 0.579. The van der Waals surface area contributed by atoms with Crippen molar-refractivity contribution < 1.29 is 14.6 Å². The van der Waals surface area contributed by atoms with Gasteiger partial charge in [0.2, 0.25) is 0 Å². The van der Waals surface area contributed by atoms with Crippen LogP contribution in [0, 0.1) is 0 Å². The SMILES string of the molecule is COC(=O)C(=Cc1ccccc1)CO. The van der Waals surface area contributed by atoms with Crippen molar-refractivity contribution >= 4 is 12.0 Å². The van der Waals surface area contributed by atoms with Crippen LogP contribution in [0.25, 0.3) is 6.08 Å². The Bertz CT molecular complexity index is 328. The van der Waals surface area contributed by atoms with E-state index in [0.29, 0.717) is 0 Å². The van der Waals surface area contributed by atoms with Crippen molar-refractivity contribution in [3.63, 3.8) is 0 Å². The summed E-state index contributed by atoms with van der Waals surface area (Å²) in [6, 6.07) is 9.29. The second-order valence-corrected chi connectivity index (χ2v) is 2.73. The molecule has 1 rings (SSSR count). The predicted molar refractivity (Wildman–Crippen MR) is 53.5 cm³/mol. The van der Waals surface area contributed by atoms with Crippen LogP contribution in [0.3, 0.4) is 0 Å². The molecule has 74 valence electrons. The van der Waals surface area contributed by atoms with E-state index < -0.39 is 5.97 Å². The Morgan fingerprint density at radius 3 is 2.57 bits per heavy atom. The number of aliphatic hydroxyl groups is 1. The van der Waals surface area contributed by atoms with Crippen LogP contribution in [0.4, 0.5) is 0 Å². The van der Waals surface area contributed by atoms with Crippen LogP contribution in [0.15, 0.2) is 35.9 Å². The molecular formula is C11H12O3. The third-order valence-corrected chi connectivity index (χ3v) is 1.76. The maximum Gasteiger partial charge on any atom is 0.336 e. The van der Waals surface area contributed by atoms with Gasteiger partial charge in [0.1, 0.15) is 0 Å². The average molecular weight is 192 g/mol. The van der Waals surface area contributed by atoms with Gasteiger partial charge in [0.25, 0.3) is 0 Å². The van der Waals surface area contributed by atoms with Crippen LogP contribution >= 0.6 is 0 Å². The molecule has 0 saturated heterocycles. The van der Waals surface area contributed by atoms with Crippen molar-refractivity contribution in [3.05, 3.63) is 41.5 Å². The van der Waals surface area contributed by atoms with Crippen molar-refractivity contribution in [3.8, 4) is 0 Å². The van der Waals surface area contributed by atoms with Crippen LogP contribution in [-0.2, 0) is 9.53 Å². The van der Waals surface area contributed by atoms with Gasteiger partial charge in [0.15, 0.2) is 0 Å². The lowest BCUT2D eigenvalue weighted by Crippen LogP contribution is -2.07. The summed E-state index contributed by atoms with van der Waals surface area (Å²) in [5.74, 6) is -0.503. The molecule has 14 heavy (non-hydrogen) atoms. The zero-order chi connectivity index (χ0) is 10.4. The number of hydrogen-bond acceptors (Lipinski definition) is 3. The highest BCUT2D eigenvalue weighted by Crippen LogP contribution is 2.07. The molecule has 0 heterocycles. The molecule has 1 aromatic rings. The number of hydrogen-bond donors (Lipinski definition) is 1. The van der Waals surface area contributed by atoms with E-state index in [1.54, 1.807) is 6.08 Å². The zero-order valence-corrected chi connectivity index (χ0v) is 7.93. The fourth-order valence-corrected chi connectivity index (χ4v) is 1.05. The molecule has 0 atom stereocenters. The molecular weight excluding hydrogens is 180 g/mol. The molecule has 0 fully saturated rings. The molecule has 0 aliphatic carbocycles. The fraction of sp³-hybridized carbons (Fsp3) is 0.182. The molecule has 0 aliphatic heterocycles. The van der Waals surface area contributed by atoms with Gasteiger partial charge < -0.3 is 9.84 Å². The molecule has 0 bridgehead atoms. The molecule has 0 spiro atoms. The summed E-state index contributed by atoms with van der Waals surface area (Å²) in [5.41, 5.74) is 1.11. The number of methoxy groups -OCH3 is 1. The van der Waals surface area contributed by atoms with Gasteiger partial charge in [-0.2, -0.15) is 0 Å². The minimum Gasteiger partial charge on any atom is -0.466 e. The number of aliphatic hydroxyl groups excluding tert-OH is 1. The van der Waals surface area contributed by atoms with Crippen LogP contribution < -0.4 is 0 Å². The Kier molecular flexibility index (Phi) is 3.88. The first-order valence-corrected chi connectivity index (χ1v) is 4.22. The third kappa shape index (κ3) is 2.71. The average Bonchev–Trinajstić information content (AvgIpc) is 2.26. The van der Waals surface area contributed by atoms with Gasteiger partial charge in [0, 0.05) is 0 Å². The van der Waals surface area contributed by atoms with E-state index in [2.05, 4.69) is 4.74 Å². The van der Waals surface area contributed by atoms with E-state index in [1.165, 1.54) is 7.11 Å². The summed E-state index contributed by atoms with van der Waals surface area (Å²) in [7, 11) is 1.29. The normalized spacial score (nSPS) is 11.1. The maximum absolute atomic E-state index is 11.1. The molecule has 1 N–H and O–H groups in total. The summed E-state index contributed by atoms with van der Waals surface area (Å²) in [6.07, 6.45) is 1.60. The van der Waals surface area contributed by atoms with Gasteiger partial charge in [-0.25, -0.2) is 4.79 Å². The van der Waals surface area contributed by atoms with Gasteiger partial charge in [-0.15, -0.1) is 0 Å². The van der Waals surface area contributed by atoms with Crippen molar-refractivity contribution in [2.24, 2.45) is 0 Å². The molecule has 0 saturated carbocycles. The first-order valence-electron chi connectivity index (χ1n) is 4.22. The van der Waals surface area contributed by atoms with Crippen molar-refractivity contribution in [1.29, 1.82) is 0 Å². The van der Waals surface area contributed by atoms with Crippen molar-refractivity contribution in [1.82, 2.24) is 0 Å². The van der Waals surface area contributed by atoms with Crippen LogP contribution in [0.5, 0.6) is 0 Å². The second-order valence-electron chi connectivity index (χ2n) is 2.73. The molecule has 0 radical (unpaired) electrons. The topological polar surface area (TPSA) is 46.5 Å². The van der Waals surface area contributed by atoms with E-state index >= 15 is 0 Å². The van der Waals surface area contributed by atoms with Gasteiger partial charge in [0.05, 0.1) is 19.3 Å². The van der Waals surface area contributed by atoms with Crippen LogP contribution in [0.2, 0.25) is 0 Å². The van der Waals surface area contributed by atoms with Gasteiger partial charge in [-0.3, -0.25) is 0 Å². The van der Waals surface area contributed by atoms with E-state index in [9.17, 15) is 4.79 Å². The molecule has 0 amide bonds. The Balaban J connectivity index is 2.89. The number of carbonyl (C=O) groups excluding carboxylic acids is 1. The second kappa shape index (κ2) is 5.19. The largest absolute Gasteiger partial charge is 0.466 e. The first-order chi connectivity index (χ1) is 6.77. The molecule has 0 unspecified atom stereocenters. The predicted octanol–water partition coefficient (Wildman–Crippen LogP) is 1.24. The van der Waals surface area contributed by atoms with Gasteiger partial charge in [-0.05, 0) is 11.6 Å². The van der Waals surface area contributed by atoms with Crippen LogP contribution in [0.1, 0.15) is 5.56 Å². The minimum atomic E-state index is -0.503. The van der Waals surface area contributed by atoms with E-state index in [4.69, 9.17) is 5.11 Å². The maximum atomic E-state index is 11.1. The number of benzene rings is 1. The lowest BCUT2D eigenvalue weighted by atomic mass is 10.1. The fourth-order valence-electron chi connectivity index (χ4n) is 1.05. The number of rotatable bonds is 3. The highest BCUT2D eigenvalue weighted by atomic mass is 16.5. The van der Waals surface area contributed by atoms with E-state index in [0.717, 1.165) is 5.56 Å². The standard InChI is InChI=1S/C11H12O3/c1-14-11(13)10(8-12)7-9-5-3-2-4-6-9/h2-7,12H,8H2,1H3. The monoisotopic (exact) mass is 192 g/mol. The lowest BCUT2D eigenvalue weighted by Gasteiger charge is -2.01. The zero-order valence-electron chi connectivity index (χ0n) is 7.93. The Morgan fingerprint density at radius 2 is 2.07 bits per heavy atom. The van der Waals surface area contributed by atoms with Crippen LogP contribution in [-0.4, -0.2) is 24.8 Å². The number of esters is 1. The minimum absolute atomic E-state index is 0.249. The van der Waals surface area contributed by atoms with E-state index in [1.807, 2.05) is 30.3 Å². The lowest BCUT2D eigenvalue weighted by molar-refractivity contribution is -0.136. The third-order valence-electron chi connectivity index (χ3n) is 1.76. The highest BCUT2D eigenvalue weighted by Gasteiger charge is 2.07. The molecule has 3 heteroatoms. The van der Waals surface area contributed by atoms with Crippen molar-refractivity contribution in [2.45, 2.75) is 0 Å². The van der Waals surface area contributed by atoms with Gasteiger partial charge in [-0.1, -0.05) is 30.3 Å².